The summed E-state index contributed by atoms with van der Waals surface area (Å²) in [4.78, 5) is 11.0. The Morgan fingerprint density at radius 1 is 0.268 bits per heavy atom. The van der Waals surface area contributed by atoms with Gasteiger partial charge in [-0.2, -0.15) is 0 Å². The van der Waals surface area contributed by atoms with E-state index >= 15 is 0 Å². The van der Waals surface area contributed by atoms with E-state index < -0.39 is 10.8 Å². The Labute approximate surface area is 556 Å². The zero-order chi connectivity index (χ0) is 63.2. The Morgan fingerprint density at radius 3 is 1.37 bits per heavy atom. The minimum Gasteiger partial charge on any atom is -0.457 e. The van der Waals surface area contributed by atoms with Crippen LogP contribution >= 0.6 is 0 Å². The predicted molar refractivity (Wildman–Crippen MR) is 389 cm³/mol. The normalized spacial score (nSPS) is 14.9. The second-order valence-electron chi connectivity index (χ2n) is 26.2. The van der Waals surface area contributed by atoms with Crippen molar-refractivity contribution in [2.75, 3.05) is 0 Å². The van der Waals surface area contributed by atoms with Gasteiger partial charge in [0.05, 0.1) is 32.9 Å². The van der Waals surface area contributed by atoms with E-state index in [0.717, 1.165) is 134 Å². The van der Waals surface area contributed by atoms with Crippen molar-refractivity contribution in [3.63, 3.8) is 0 Å². The van der Waals surface area contributed by atoms with Crippen molar-refractivity contribution in [2.24, 2.45) is 0 Å². The molecular weight excluding hydrogens is 1190 g/mol. The molecule has 7 heteroatoms. The maximum atomic E-state index is 7.27. The summed E-state index contributed by atoms with van der Waals surface area (Å²) in [6.07, 6.45) is 0. The number of benzene rings is 14. The van der Waals surface area contributed by atoms with Crippen LogP contribution in [0.4, 0.5) is 0 Å². The number of nitrogens with zero attached hydrogens (tertiary/aromatic N) is 4. The number of hydrogen-bond donors (Lipinski definition) is 0. The molecule has 0 amide bonds. The zero-order valence-electron chi connectivity index (χ0n) is 52.0. The lowest BCUT2D eigenvalue weighted by Crippen LogP contribution is -2.32. The zero-order valence-corrected chi connectivity index (χ0v) is 52.0. The first-order chi connectivity index (χ1) is 48.1. The molecule has 22 rings (SSSR count). The number of hydrogen-bond acceptors (Lipinski definition) is 5. The maximum absolute atomic E-state index is 7.27. The second kappa shape index (κ2) is 19.4. The predicted octanol–water partition coefficient (Wildman–Crippen LogP) is 22.5. The van der Waals surface area contributed by atoms with Gasteiger partial charge in [-0.25, -0.2) is 9.97 Å². The minimum absolute atomic E-state index is 0.541. The Balaban J connectivity index is 0.709. The SMILES string of the molecule is c1ccc(-c2ccc(-c3nc(-n4c5ccccc5c5cc6c(cc54)Oc4ccccc4C64c5ccccc5-c5cc(-c6cccc(-n7c8ccccc8c8cc9c(cc87)Oc7ccccc7C97c8ccccc8-c8ccccc87)c6)ccc54)nc4c3oc3ccccc34)cc2)cc1. The molecule has 6 heterocycles. The fourth-order valence-electron chi connectivity index (χ4n) is 17.5. The third-order valence-electron chi connectivity index (χ3n) is 21.5. The third kappa shape index (κ3) is 6.98. The molecule has 7 nitrogen and oxygen atoms in total. The minimum atomic E-state index is -0.746. The molecule has 1 unspecified atom stereocenters. The second-order valence-corrected chi connectivity index (χ2v) is 26.2. The molecule has 2 spiro atoms. The van der Waals surface area contributed by atoms with Gasteiger partial charge in [0.25, 0.3) is 0 Å². The van der Waals surface area contributed by atoms with Crippen molar-refractivity contribution < 1.29 is 13.9 Å². The molecule has 0 N–H and O–H groups in total. The number of rotatable bonds is 5. The highest BCUT2D eigenvalue weighted by Crippen LogP contribution is 2.65. The highest BCUT2D eigenvalue weighted by Gasteiger charge is 2.53. The van der Waals surface area contributed by atoms with Crippen LogP contribution < -0.4 is 9.47 Å². The molecule has 0 saturated heterocycles. The fourth-order valence-corrected chi connectivity index (χ4v) is 17.5. The summed E-state index contributed by atoms with van der Waals surface area (Å²) < 4.78 is 25.7. The molecule has 97 heavy (non-hydrogen) atoms. The third-order valence-corrected chi connectivity index (χ3v) is 21.5. The van der Waals surface area contributed by atoms with Gasteiger partial charge in [0.2, 0.25) is 5.95 Å². The molecule has 14 aromatic carbocycles. The number of aromatic nitrogens is 4. The molecular formula is C90H52N4O3. The van der Waals surface area contributed by atoms with E-state index in [9.17, 15) is 0 Å². The van der Waals surface area contributed by atoms with Crippen molar-refractivity contribution >= 4 is 65.7 Å². The largest absolute Gasteiger partial charge is 0.457 e. The summed E-state index contributed by atoms with van der Waals surface area (Å²) >= 11 is 0. The molecule has 450 valence electrons. The van der Waals surface area contributed by atoms with E-state index in [2.05, 4.69) is 300 Å². The first kappa shape index (κ1) is 52.6. The summed E-state index contributed by atoms with van der Waals surface area (Å²) in [5, 5.41) is 5.44. The van der Waals surface area contributed by atoms with Gasteiger partial charge >= 0.3 is 0 Å². The molecule has 4 aromatic heterocycles. The van der Waals surface area contributed by atoms with Crippen molar-refractivity contribution in [3.05, 3.63) is 360 Å². The molecule has 2 aliphatic heterocycles. The first-order valence-electron chi connectivity index (χ1n) is 33.2. The van der Waals surface area contributed by atoms with E-state index in [1.54, 1.807) is 0 Å². The van der Waals surface area contributed by atoms with Crippen LogP contribution in [0.25, 0.3) is 133 Å². The Bertz CT molecular complexity index is 6420. The van der Waals surface area contributed by atoms with Gasteiger partial charge in [-0.05, 0) is 133 Å². The van der Waals surface area contributed by atoms with Crippen molar-refractivity contribution in [2.45, 2.75) is 10.8 Å². The van der Waals surface area contributed by atoms with Gasteiger partial charge in [-0.1, -0.05) is 237 Å². The van der Waals surface area contributed by atoms with E-state index in [0.29, 0.717) is 11.5 Å². The van der Waals surface area contributed by atoms with Crippen molar-refractivity contribution in [1.29, 1.82) is 0 Å². The summed E-state index contributed by atoms with van der Waals surface area (Å²) in [5.41, 5.74) is 26.6. The highest BCUT2D eigenvalue weighted by molar-refractivity contribution is 6.13. The van der Waals surface area contributed by atoms with Crippen LogP contribution in [-0.4, -0.2) is 19.1 Å². The van der Waals surface area contributed by atoms with Crippen LogP contribution in [0.15, 0.2) is 320 Å². The first-order valence-corrected chi connectivity index (χ1v) is 33.2. The Hall–Kier alpha value is -12.8. The van der Waals surface area contributed by atoms with E-state index in [-0.39, 0.29) is 0 Å². The van der Waals surface area contributed by atoms with Gasteiger partial charge < -0.3 is 18.5 Å². The molecule has 1 atom stereocenters. The number of ether oxygens (including phenoxy) is 2. The standard InChI is InChI=1S/C90H52N4O3/c1-2-21-53(22-3-1)54-41-43-55(44-42-54)85-87-86(64-30-9-17-38-80(64)97-87)92-88(91-85)94-77-37-16-8-29-63(77)67-50-75-84(52-79(67)94)96-82-40-19-14-35-73(82)90(75)70-33-12-6-27-61(70)65-48-57(45-46-71(65)90)56-23-20-24-58(47-56)93-76-36-15-7-28-62(76)66-49-74-83(51-78(66)93)95-81-39-18-13-34-72(81)89(74)68-31-10-4-25-59(68)60-26-5-11-32-69(60)89/h1-52H. The van der Waals surface area contributed by atoms with E-state index in [1.165, 1.54) is 55.3 Å². The lowest BCUT2D eigenvalue weighted by molar-refractivity contribution is 0.437. The molecule has 0 bridgehead atoms. The van der Waals surface area contributed by atoms with Crippen LogP contribution in [0.2, 0.25) is 0 Å². The monoisotopic (exact) mass is 1240 g/mol. The quantitative estimate of drug-likeness (QED) is 0.172. The smallest absolute Gasteiger partial charge is 0.236 e. The van der Waals surface area contributed by atoms with Gasteiger partial charge in [0, 0.05) is 72.6 Å². The van der Waals surface area contributed by atoms with Crippen molar-refractivity contribution in [3.8, 4) is 90.4 Å². The van der Waals surface area contributed by atoms with Crippen LogP contribution in [-0.2, 0) is 10.8 Å². The lowest BCUT2D eigenvalue weighted by Gasteiger charge is -2.39. The average molecular weight is 1240 g/mol. The number of para-hydroxylation sites is 5. The summed E-state index contributed by atoms with van der Waals surface area (Å²) in [6, 6.07) is 114. The van der Waals surface area contributed by atoms with Crippen LogP contribution in [0.1, 0.15) is 44.5 Å². The maximum Gasteiger partial charge on any atom is 0.236 e. The summed E-state index contributed by atoms with van der Waals surface area (Å²) in [7, 11) is 0. The Morgan fingerprint density at radius 2 is 0.732 bits per heavy atom. The highest BCUT2D eigenvalue weighted by atomic mass is 16.5. The van der Waals surface area contributed by atoms with Gasteiger partial charge in [-0.3, -0.25) is 4.57 Å². The Kier molecular flexibility index (Phi) is 10.5. The van der Waals surface area contributed by atoms with E-state index in [4.69, 9.17) is 23.9 Å². The van der Waals surface area contributed by atoms with Crippen LogP contribution in [0, 0.1) is 0 Å². The van der Waals surface area contributed by atoms with Gasteiger partial charge in [0.15, 0.2) is 5.58 Å². The summed E-state index contributed by atoms with van der Waals surface area (Å²) in [5.74, 6) is 3.86. The van der Waals surface area contributed by atoms with Crippen LogP contribution in [0.5, 0.6) is 23.0 Å². The average Bonchev–Trinajstić information content (AvgIpc) is 1.56. The molecule has 0 saturated carbocycles. The molecule has 2 aliphatic carbocycles. The van der Waals surface area contributed by atoms with Gasteiger partial charge in [-0.15, -0.1) is 0 Å². The summed E-state index contributed by atoms with van der Waals surface area (Å²) in [6.45, 7) is 0. The molecule has 0 radical (unpaired) electrons. The van der Waals surface area contributed by atoms with Crippen molar-refractivity contribution in [1.82, 2.24) is 19.1 Å². The van der Waals surface area contributed by atoms with Crippen LogP contribution in [0.3, 0.4) is 0 Å². The number of furan rings is 1. The van der Waals surface area contributed by atoms with E-state index in [1.807, 2.05) is 24.3 Å². The van der Waals surface area contributed by atoms with Gasteiger partial charge in [0.1, 0.15) is 39.8 Å². The fraction of sp³-hybridized carbons (Fsp3) is 0.0222. The topological polar surface area (TPSA) is 67.2 Å². The molecule has 0 fully saturated rings. The molecule has 18 aromatic rings. The molecule has 4 aliphatic rings. The lowest BCUT2D eigenvalue weighted by atomic mass is 9.66. The number of fused-ring (bicyclic) bond motifs is 27.